The van der Waals surface area contributed by atoms with Crippen LogP contribution in [0.1, 0.15) is 12.0 Å². The van der Waals surface area contributed by atoms with Gasteiger partial charge in [0.2, 0.25) is 10.0 Å². The lowest BCUT2D eigenvalue weighted by Crippen LogP contribution is -2.39. The molecule has 0 atom stereocenters. The number of methoxy groups -OCH3 is 1. The first-order chi connectivity index (χ1) is 13.1. The fraction of sp³-hybridized carbons (Fsp3) is 0.300. The molecule has 2 aromatic rings. The van der Waals surface area contributed by atoms with E-state index in [1.54, 1.807) is 28.6 Å². The molecule has 0 radical (unpaired) electrons. The van der Waals surface area contributed by atoms with Crippen molar-refractivity contribution in [2.75, 3.05) is 26.7 Å². The topological polar surface area (TPSA) is 61.9 Å². The summed E-state index contributed by atoms with van der Waals surface area (Å²) in [4.78, 5) is 0.269. The number of ether oxygens (including phenoxy) is 1. The molecule has 0 unspecified atom stereocenters. The second-order valence-electron chi connectivity index (χ2n) is 6.80. The van der Waals surface area contributed by atoms with Crippen molar-refractivity contribution in [2.45, 2.75) is 17.9 Å². The summed E-state index contributed by atoms with van der Waals surface area (Å²) < 4.78 is 32.8. The number of hydrazine groups is 1. The van der Waals surface area contributed by atoms with Gasteiger partial charge in [0.15, 0.2) is 0 Å². The fourth-order valence-corrected chi connectivity index (χ4v) is 4.99. The lowest BCUT2D eigenvalue weighted by molar-refractivity contribution is 0.245. The molecule has 0 aliphatic carbocycles. The molecule has 142 valence electrons. The highest BCUT2D eigenvalue weighted by Crippen LogP contribution is 2.28. The molecule has 4 rings (SSSR count). The summed E-state index contributed by atoms with van der Waals surface area (Å²) in [6.45, 7) is 2.49. The quantitative estimate of drug-likeness (QED) is 0.856. The SMILES string of the molecule is COc1cccc(S(=O)(=O)N2CCC3=C(C2)NN(Cc2ccccc2)C3)c1. The summed E-state index contributed by atoms with van der Waals surface area (Å²) in [6, 6.07) is 16.9. The standard InChI is InChI=1S/C20H23N3O3S/c1-26-18-8-5-9-19(12-18)27(24,25)23-11-10-17-14-22(21-20(17)15-23)13-16-6-3-2-4-7-16/h2-9,12,21H,10-11,13-15H2,1H3. The minimum absolute atomic E-state index is 0.269. The van der Waals surface area contributed by atoms with Crippen LogP contribution in [-0.2, 0) is 16.6 Å². The van der Waals surface area contributed by atoms with Gasteiger partial charge in [-0.15, -0.1) is 0 Å². The van der Waals surface area contributed by atoms with Gasteiger partial charge in [0.05, 0.1) is 18.6 Å². The number of rotatable bonds is 5. The summed E-state index contributed by atoms with van der Waals surface area (Å²) in [6.07, 6.45) is 0.747. The normalized spacial score (nSPS) is 18.3. The van der Waals surface area contributed by atoms with Gasteiger partial charge in [-0.1, -0.05) is 36.4 Å². The third kappa shape index (κ3) is 3.71. The van der Waals surface area contributed by atoms with E-state index in [1.165, 1.54) is 18.2 Å². The predicted molar refractivity (Wildman–Crippen MR) is 103 cm³/mol. The smallest absolute Gasteiger partial charge is 0.243 e. The first-order valence-electron chi connectivity index (χ1n) is 8.97. The van der Waals surface area contributed by atoms with Crippen molar-refractivity contribution in [3.63, 3.8) is 0 Å². The Morgan fingerprint density at radius 2 is 1.89 bits per heavy atom. The molecule has 7 heteroatoms. The molecule has 6 nitrogen and oxygen atoms in total. The fourth-order valence-electron chi connectivity index (χ4n) is 3.54. The molecule has 2 aliphatic rings. The first kappa shape index (κ1) is 18.0. The van der Waals surface area contributed by atoms with Crippen molar-refractivity contribution in [3.8, 4) is 5.75 Å². The molecule has 27 heavy (non-hydrogen) atoms. The van der Waals surface area contributed by atoms with Crippen LogP contribution in [0.25, 0.3) is 0 Å². The van der Waals surface area contributed by atoms with E-state index in [1.807, 2.05) is 18.2 Å². The largest absolute Gasteiger partial charge is 0.497 e. The van der Waals surface area contributed by atoms with Gasteiger partial charge in [0, 0.05) is 31.4 Å². The predicted octanol–water partition coefficient (Wildman–Crippen LogP) is 2.36. The van der Waals surface area contributed by atoms with Crippen LogP contribution in [-0.4, -0.2) is 44.5 Å². The molecular weight excluding hydrogens is 362 g/mol. The molecule has 0 saturated carbocycles. The lowest BCUT2D eigenvalue weighted by atomic mass is 10.1. The lowest BCUT2D eigenvalue weighted by Gasteiger charge is -2.27. The molecule has 2 aromatic carbocycles. The Kier molecular flexibility index (Phi) is 4.90. The van der Waals surface area contributed by atoms with Gasteiger partial charge < -0.3 is 10.2 Å². The van der Waals surface area contributed by atoms with Crippen LogP contribution < -0.4 is 10.2 Å². The third-order valence-corrected chi connectivity index (χ3v) is 6.84. The van der Waals surface area contributed by atoms with E-state index < -0.39 is 10.0 Å². The van der Waals surface area contributed by atoms with Gasteiger partial charge in [-0.05, 0) is 29.7 Å². The number of hydrogen-bond donors (Lipinski definition) is 1. The van der Waals surface area contributed by atoms with Crippen LogP contribution >= 0.6 is 0 Å². The molecule has 0 fully saturated rings. The van der Waals surface area contributed by atoms with Crippen molar-refractivity contribution in [2.24, 2.45) is 0 Å². The number of sulfonamides is 1. The number of benzene rings is 2. The van der Waals surface area contributed by atoms with Crippen LogP contribution in [0, 0.1) is 0 Å². The number of nitrogens with one attached hydrogen (secondary N) is 1. The van der Waals surface area contributed by atoms with Gasteiger partial charge in [-0.2, -0.15) is 4.31 Å². The van der Waals surface area contributed by atoms with E-state index >= 15 is 0 Å². The minimum Gasteiger partial charge on any atom is -0.497 e. The van der Waals surface area contributed by atoms with Crippen LogP contribution in [0.5, 0.6) is 5.75 Å². The maximum absolute atomic E-state index is 13.0. The van der Waals surface area contributed by atoms with Crippen LogP contribution in [0.15, 0.2) is 70.8 Å². The van der Waals surface area contributed by atoms with Crippen molar-refractivity contribution < 1.29 is 13.2 Å². The van der Waals surface area contributed by atoms with Gasteiger partial charge >= 0.3 is 0 Å². The highest BCUT2D eigenvalue weighted by atomic mass is 32.2. The summed E-state index contributed by atoms with van der Waals surface area (Å²) >= 11 is 0. The van der Waals surface area contributed by atoms with Gasteiger partial charge in [-0.25, -0.2) is 13.4 Å². The van der Waals surface area contributed by atoms with Crippen molar-refractivity contribution in [1.82, 2.24) is 14.7 Å². The van der Waals surface area contributed by atoms with Crippen LogP contribution in [0.4, 0.5) is 0 Å². The zero-order valence-corrected chi connectivity index (χ0v) is 16.1. The Bertz CT molecular complexity index is 957. The average Bonchev–Trinajstić information content (AvgIpc) is 3.10. The van der Waals surface area contributed by atoms with Gasteiger partial charge in [-0.3, -0.25) is 0 Å². The maximum Gasteiger partial charge on any atom is 0.243 e. The second-order valence-corrected chi connectivity index (χ2v) is 8.74. The molecule has 0 spiro atoms. The molecule has 2 heterocycles. The van der Waals surface area contributed by atoms with Crippen molar-refractivity contribution >= 4 is 10.0 Å². The highest BCUT2D eigenvalue weighted by molar-refractivity contribution is 7.89. The van der Waals surface area contributed by atoms with E-state index in [-0.39, 0.29) is 4.90 Å². The molecular formula is C20H23N3O3S. The van der Waals surface area contributed by atoms with Crippen LogP contribution in [0.3, 0.4) is 0 Å². The molecule has 0 aromatic heterocycles. The molecule has 1 N–H and O–H groups in total. The first-order valence-corrected chi connectivity index (χ1v) is 10.4. The van der Waals surface area contributed by atoms with E-state index in [0.29, 0.717) is 18.8 Å². The van der Waals surface area contributed by atoms with E-state index in [2.05, 4.69) is 22.6 Å². The minimum atomic E-state index is -3.55. The number of hydrogen-bond acceptors (Lipinski definition) is 5. The summed E-state index contributed by atoms with van der Waals surface area (Å²) in [5.41, 5.74) is 6.92. The molecule has 0 amide bonds. The van der Waals surface area contributed by atoms with Gasteiger partial charge in [0.25, 0.3) is 0 Å². The van der Waals surface area contributed by atoms with Gasteiger partial charge in [0.1, 0.15) is 5.75 Å². The zero-order valence-electron chi connectivity index (χ0n) is 15.3. The Balaban J connectivity index is 1.46. The summed E-state index contributed by atoms with van der Waals surface area (Å²) in [5, 5.41) is 2.14. The Hall–Kier alpha value is -2.35. The number of nitrogens with zero attached hydrogens (tertiary/aromatic N) is 2. The van der Waals surface area contributed by atoms with E-state index in [0.717, 1.165) is 25.2 Å². The molecule has 2 aliphatic heterocycles. The third-order valence-electron chi connectivity index (χ3n) is 4.99. The maximum atomic E-state index is 13.0. The Morgan fingerprint density at radius 1 is 1.07 bits per heavy atom. The Labute approximate surface area is 160 Å². The highest BCUT2D eigenvalue weighted by Gasteiger charge is 2.33. The molecule has 0 bridgehead atoms. The van der Waals surface area contributed by atoms with E-state index in [4.69, 9.17) is 4.74 Å². The second kappa shape index (κ2) is 7.34. The van der Waals surface area contributed by atoms with E-state index in [9.17, 15) is 8.42 Å². The van der Waals surface area contributed by atoms with Crippen molar-refractivity contribution in [3.05, 3.63) is 71.4 Å². The molecule has 0 saturated heterocycles. The van der Waals surface area contributed by atoms with Crippen LogP contribution in [0.2, 0.25) is 0 Å². The summed E-state index contributed by atoms with van der Waals surface area (Å²) in [7, 11) is -2.01. The summed E-state index contributed by atoms with van der Waals surface area (Å²) in [5.74, 6) is 0.543. The monoisotopic (exact) mass is 385 g/mol. The average molecular weight is 385 g/mol. The Morgan fingerprint density at radius 3 is 2.67 bits per heavy atom. The van der Waals surface area contributed by atoms with Crippen molar-refractivity contribution in [1.29, 1.82) is 0 Å². The zero-order chi connectivity index (χ0) is 18.9.